The van der Waals surface area contributed by atoms with E-state index in [-0.39, 0.29) is 11.4 Å². The third kappa shape index (κ3) is 4.12. The lowest BCUT2D eigenvalue weighted by Gasteiger charge is -2.06. The van der Waals surface area contributed by atoms with Crippen LogP contribution < -0.4 is 5.32 Å². The number of hydrogen-bond acceptors (Lipinski definition) is 4. The summed E-state index contributed by atoms with van der Waals surface area (Å²) in [5, 5.41) is 2.26. The van der Waals surface area contributed by atoms with Crippen molar-refractivity contribution in [2.45, 2.75) is 0 Å². The Hall–Kier alpha value is -2.22. The maximum Gasteiger partial charge on any atom is 0.374 e. The fourth-order valence-electron chi connectivity index (χ4n) is 1.40. The molecule has 0 aliphatic rings. The zero-order valence-electron chi connectivity index (χ0n) is 10.4. The molecule has 1 heterocycles. The smallest absolute Gasteiger partial charge is 0.374 e. The Labute approximate surface area is 126 Å². The van der Waals surface area contributed by atoms with E-state index in [0.29, 0.717) is 4.67 Å². The van der Waals surface area contributed by atoms with E-state index >= 15 is 0 Å². The number of nitrogens with one attached hydrogen (secondary N) is 1. The third-order valence-corrected chi connectivity index (χ3v) is 2.74. The van der Waals surface area contributed by atoms with Crippen LogP contribution in [-0.2, 0) is 9.53 Å². The maximum absolute atomic E-state index is 12.9. The quantitative estimate of drug-likeness (QED) is 0.851. The molecule has 0 unspecified atom stereocenters. The van der Waals surface area contributed by atoms with Gasteiger partial charge in [0.25, 0.3) is 5.91 Å². The van der Waals surface area contributed by atoms with E-state index in [0.717, 1.165) is 12.1 Å². The molecule has 0 aliphatic heterocycles. The van der Waals surface area contributed by atoms with Gasteiger partial charge in [-0.1, -0.05) is 0 Å². The van der Waals surface area contributed by atoms with Gasteiger partial charge in [0.15, 0.2) is 22.9 Å². The Balaban J connectivity index is 1.87. The monoisotopic (exact) mass is 359 g/mol. The summed E-state index contributed by atoms with van der Waals surface area (Å²) in [7, 11) is 0. The summed E-state index contributed by atoms with van der Waals surface area (Å²) in [6, 6.07) is 5.75. The largest absolute Gasteiger partial charge is 0.450 e. The molecule has 0 saturated carbocycles. The molecule has 1 aromatic heterocycles. The molecule has 2 aromatic rings. The highest BCUT2D eigenvalue weighted by molar-refractivity contribution is 9.10. The van der Waals surface area contributed by atoms with Gasteiger partial charge in [0.2, 0.25) is 5.76 Å². The normalized spacial score (nSPS) is 10.2. The zero-order valence-corrected chi connectivity index (χ0v) is 11.9. The van der Waals surface area contributed by atoms with Gasteiger partial charge in [-0.25, -0.2) is 13.6 Å². The first-order chi connectivity index (χ1) is 9.95. The molecule has 1 aromatic carbocycles. The van der Waals surface area contributed by atoms with E-state index in [1.807, 2.05) is 0 Å². The van der Waals surface area contributed by atoms with Crippen LogP contribution >= 0.6 is 15.9 Å². The van der Waals surface area contributed by atoms with Crippen molar-refractivity contribution in [2.75, 3.05) is 11.9 Å². The molecule has 0 spiro atoms. The van der Waals surface area contributed by atoms with Gasteiger partial charge in [0.1, 0.15) is 0 Å². The maximum atomic E-state index is 12.9. The van der Waals surface area contributed by atoms with Crippen LogP contribution in [0.25, 0.3) is 0 Å². The number of anilines is 1. The summed E-state index contributed by atoms with van der Waals surface area (Å²) in [6.45, 7) is -0.587. The molecule has 21 heavy (non-hydrogen) atoms. The predicted molar refractivity (Wildman–Crippen MR) is 71.7 cm³/mol. The molecule has 1 N–H and O–H groups in total. The van der Waals surface area contributed by atoms with Crippen molar-refractivity contribution >= 4 is 33.5 Å². The fraction of sp³-hybridized carbons (Fsp3) is 0.0769. The van der Waals surface area contributed by atoms with Gasteiger partial charge in [-0.3, -0.25) is 4.79 Å². The topological polar surface area (TPSA) is 68.5 Å². The third-order valence-electron chi connectivity index (χ3n) is 2.31. The number of benzene rings is 1. The predicted octanol–water partition coefficient (Wildman–Crippen LogP) is 3.12. The van der Waals surface area contributed by atoms with Crippen molar-refractivity contribution in [3.8, 4) is 0 Å². The summed E-state index contributed by atoms with van der Waals surface area (Å²) in [5.74, 6) is -3.70. The second-order valence-electron chi connectivity index (χ2n) is 3.86. The fourth-order valence-corrected chi connectivity index (χ4v) is 1.70. The second kappa shape index (κ2) is 6.49. The number of carbonyl (C=O) groups excluding carboxylic acids is 2. The minimum atomic E-state index is -1.09. The van der Waals surface area contributed by atoms with Crippen molar-refractivity contribution in [3.63, 3.8) is 0 Å². The molecule has 0 bridgehead atoms. The molecule has 0 fully saturated rings. The van der Waals surface area contributed by atoms with E-state index < -0.39 is 30.1 Å². The zero-order chi connectivity index (χ0) is 15.4. The Morgan fingerprint density at radius 3 is 2.57 bits per heavy atom. The Bertz CT molecular complexity index is 687. The number of carbonyl (C=O) groups is 2. The number of rotatable bonds is 4. The highest BCUT2D eigenvalue weighted by Crippen LogP contribution is 2.15. The molecule has 0 radical (unpaired) electrons. The van der Waals surface area contributed by atoms with Crippen molar-refractivity contribution in [2.24, 2.45) is 0 Å². The van der Waals surface area contributed by atoms with Gasteiger partial charge in [0.05, 0.1) is 0 Å². The van der Waals surface area contributed by atoms with Crippen LogP contribution in [0.4, 0.5) is 14.5 Å². The average Bonchev–Trinajstić information content (AvgIpc) is 2.87. The van der Waals surface area contributed by atoms with Crippen LogP contribution in [0.1, 0.15) is 10.6 Å². The molecule has 0 saturated heterocycles. The van der Waals surface area contributed by atoms with Gasteiger partial charge in [-0.2, -0.15) is 0 Å². The summed E-state index contributed by atoms with van der Waals surface area (Å²) >= 11 is 3.02. The van der Waals surface area contributed by atoms with E-state index in [1.165, 1.54) is 18.2 Å². The Morgan fingerprint density at radius 2 is 1.95 bits per heavy atom. The average molecular weight is 360 g/mol. The molecular weight excluding hydrogens is 352 g/mol. The van der Waals surface area contributed by atoms with E-state index in [1.54, 1.807) is 0 Å². The summed E-state index contributed by atoms with van der Waals surface area (Å²) in [6.07, 6.45) is 0. The number of hydrogen-bond donors (Lipinski definition) is 1. The van der Waals surface area contributed by atoms with Crippen LogP contribution in [-0.4, -0.2) is 18.5 Å². The minimum absolute atomic E-state index is 0.0516. The lowest BCUT2D eigenvalue weighted by atomic mass is 10.3. The molecule has 110 valence electrons. The number of halogens is 3. The lowest BCUT2D eigenvalue weighted by Crippen LogP contribution is -2.20. The number of esters is 1. The van der Waals surface area contributed by atoms with E-state index in [4.69, 9.17) is 9.15 Å². The second-order valence-corrected chi connectivity index (χ2v) is 4.64. The summed E-state index contributed by atoms with van der Waals surface area (Å²) in [5.41, 5.74) is 0.0516. The van der Waals surface area contributed by atoms with Crippen LogP contribution in [0.5, 0.6) is 0 Å². The van der Waals surface area contributed by atoms with Crippen molar-refractivity contribution in [1.29, 1.82) is 0 Å². The van der Waals surface area contributed by atoms with Crippen LogP contribution in [0, 0.1) is 11.6 Å². The van der Waals surface area contributed by atoms with Crippen molar-refractivity contribution < 1.29 is 27.5 Å². The number of amides is 1. The molecular formula is C13H8BrF2NO4. The molecule has 0 atom stereocenters. The molecule has 8 heteroatoms. The summed E-state index contributed by atoms with van der Waals surface area (Å²) in [4.78, 5) is 23.0. The standard InChI is InChI=1S/C13H8BrF2NO4/c14-11-4-3-10(21-11)13(19)20-6-12(18)17-7-1-2-8(15)9(16)5-7/h1-5H,6H2,(H,17,18). The highest BCUT2D eigenvalue weighted by atomic mass is 79.9. The van der Waals surface area contributed by atoms with Crippen molar-refractivity contribution in [1.82, 2.24) is 0 Å². The van der Waals surface area contributed by atoms with Gasteiger partial charge >= 0.3 is 5.97 Å². The molecule has 2 rings (SSSR count). The minimum Gasteiger partial charge on any atom is -0.450 e. The van der Waals surface area contributed by atoms with Crippen molar-refractivity contribution in [3.05, 3.63) is 52.4 Å². The van der Waals surface area contributed by atoms with Gasteiger partial charge in [0, 0.05) is 11.8 Å². The van der Waals surface area contributed by atoms with Crippen LogP contribution in [0.3, 0.4) is 0 Å². The molecule has 5 nitrogen and oxygen atoms in total. The van der Waals surface area contributed by atoms with E-state index in [9.17, 15) is 18.4 Å². The van der Waals surface area contributed by atoms with Gasteiger partial charge < -0.3 is 14.5 Å². The SMILES string of the molecule is O=C(COC(=O)c1ccc(Br)o1)Nc1ccc(F)c(F)c1. The number of ether oxygens (including phenoxy) is 1. The Kier molecular flexibility index (Phi) is 4.69. The van der Waals surface area contributed by atoms with Crippen LogP contribution in [0.15, 0.2) is 39.4 Å². The van der Waals surface area contributed by atoms with Gasteiger partial charge in [-0.05, 0) is 40.2 Å². The lowest BCUT2D eigenvalue weighted by molar-refractivity contribution is -0.119. The molecule has 0 aliphatic carbocycles. The first kappa shape index (κ1) is 15.2. The molecule has 1 amide bonds. The van der Waals surface area contributed by atoms with Gasteiger partial charge in [-0.15, -0.1) is 0 Å². The first-order valence-electron chi connectivity index (χ1n) is 5.63. The highest BCUT2D eigenvalue weighted by Gasteiger charge is 2.14. The first-order valence-corrected chi connectivity index (χ1v) is 6.42. The Morgan fingerprint density at radius 1 is 1.19 bits per heavy atom. The van der Waals surface area contributed by atoms with Crippen LogP contribution in [0.2, 0.25) is 0 Å². The van der Waals surface area contributed by atoms with E-state index in [2.05, 4.69) is 21.2 Å². The summed E-state index contributed by atoms with van der Waals surface area (Å²) < 4.78 is 35.6. The number of furan rings is 1.